The second-order valence-electron chi connectivity index (χ2n) is 13.2. The van der Waals surface area contributed by atoms with E-state index in [0.717, 1.165) is 0 Å². The van der Waals surface area contributed by atoms with Gasteiger partial charge in [-0.1, -0.05) is 41.5 Å². The third-order valence-corrected chi connectivity index (χ3v) is 10.1. The molecule has 0 bridgehead atoms. The van der Waals surface area contributed by atoms with E-state index < -0.39 is 105 Å². The Labute approximate surface area is 297 Å². The van der Waals surface area contributed by atoms with Gasteiger partial charge in [0.15, 0.2) is 17.3 Å². The number of ether oxygens (including phenoxy) is 2. The van der Waals surface area contributed by atoms with Gasteiger partial charge < -0.3 is 45.2 Å². The summed E-state index contributed by atoms with van der Waals surface area (Å²) < 4.78 is 10.8. The van der Waals surface area contributed by atoms with Gasteiger partial charge in [-0.3, -0.25) is 14.4 Å². The van der Waals surface area contributed by atoms with Crippen LogP contribution in [0.2, 0.25) is 0 Å². The van der Waals surface area contributed by atoms with E-state index in [2.05, 4.69) is 0 Å². The van der Waals surface area contributed by atoms with Crippen molar-refractivity contribution in [2.45, 2.75) is 87.5 Å². The molecule has 7 N–H and O–H groups in total. The van der Waals surface area contributed by atoms with Crippen LogP contribution in [0.4, 0.5) is 0 Å². The zero-order valence-corrected chi connectivity index (χ0v) is 30.9. The SMILES string of the molecule is CCC(C)C(=O)c1c(O)c(Cc2c(O)c(C)c(OC)c(C(=O)C(C)CC)c2O)c(O)c(Cc2c(O)c(C)c(OC)c(C(=O)C(C)CC)c2O)c1O. The van der Waals surface area contributed by atoms with Crippen molar-refractivity contribution in [1.29, 1.82) is 0 Å². The van der Waals surface area contributed by atoms with E-state index in [4.69, 9.17) is 9.47 Å². The van der Waals surface area contributed by atoms with Gasteiger partial charge in [-0.15, -0.1) is 0 Å². The predicted molar refractivity (Wildman–Crippen MR) is 191 cm³/mol. The van der Waals surface area contributed by atoms with Crippen LogP contribution < -0.4 is 9.47 Å². The zero-order chi connectivity index (χ0) is 38.8. The van der Waals surface area contributed by atoms with Gasteiger partial charge in [-0.2, -0.15) is 0 Å². The van der Waals surface area contributed by atoms with Gasteiger partial charge in [0.05, 0.1) is 14.2 Å². The fourth-order valence-corrected chi connectivity index (χ4v) is 6.12. The molecule has 0 aliphatic carbocycles. The molecule has 3 unspecified atom stereocenters. The summed E-state index contributed by atoms with van der Waals surface area (Å²) in [6, 6.07) is 0. The number of carbonyl (C=O) groups excluding carboxylic acids is 3. The van der Waals surface area contributed by atoms with Crippen LogP contribution >= 0.6 is 0 Å². The van der Waals surface area contributed by atoms with Crippen LogP contribution in [0.1, 0.15) is 125 Å². The fraction of sp³-hybridized carbons (Fsp3) is 0.462. The summed E-state index contributed by atoms with van der Waals surface area (Å²) in [4.78, 5) is 40.5. The van der Waals surface area contributed by atoms with Crippen LogP contribution in [-0.4, -0.2) is 67.3 Å². The Balaban J connectivity index is 2.47. The largest absolute Gasteiger partial charge is 0.507 e. The molecule has 0 fully saturated rings. The summed E-state index contributed by atoms with van der Waals surface area (Å²) in [6.07, 6.45) is -0.131. The lowest BCUT2D eigenvalue weighted by atomic mass is 9.85. The van der Waals surface area contributed by atoms with Gasteiger partial charge in [0, 0.05) is 64.0 Å². The molecule has 0 aliphatic rings. The van der Waals surface area contributed by atoms with Crippen molar-refractivity contribution >= 4 is 17.3 Å². The average Bonchev–Trinajstić information content (AvgIpc) is 3.11. The first-order valence-corrected chi connectivity index (χ1v) is 17.0. The van der Waals surface area contributed by atoms with Crippen molar-refractivity contribution in [1.82, 2.24) is 0 Å². The minimum absolute atomic E-state index is 0.0601. The summed E-state index contributed by atoms with van der Waals surface area (Å²) in [6.45, 7) is 13.1. The fourth-order valence-electron chi connectivity index (χ4n) is 6.12. The van der Waals surface area contributed by atoms with E-state index in [1.165, 1.54) is 28.1 Å². The molecule has 0 saturated heterocycles. The first-order chi connectivity index (χ1) is 23.9. The maximum absolute atomic E-state index is 13.7. The number of phenolic OH excluding ortho intramolecular Hbond substituents is 7. The Bertz CT molecular complexity index is 1750. The zero-order valence-electron chi connectivity index (χ0n) is 30.9. The highest BCUT2D eigenvalue weighted by atomic mass is 16.5. The van der Waals surface area contributed by atoms with Crippen molar-refractivity contribution in [3.05, 3.63) is 50.1 Å². The van der Waals surface area contributed by atoms with Gasteiger partial charge in [0.25, 0.3) is 0 Å². The number of methoxy groups -OCH3 is 2. The normalized spacial score (nSPS) is 13.1. The molecule has 12 heteroatoms. The molecule has 278 valence electrons. The molecular formula is C39H50O12. The smallest absolute Gasteiger partial charge is 0.173 e. The van der Waals surface area contributed by atoms with Gasteiger partial charge in [-0.05, 0) is 33.1 Å². The number of hydrogen-bond donors (Lipinski definition) is 7. The minimum Gasteiger partial charge on any atom is -0.507 e. The first-order valence-electron chi connectivity index (χ1n) is 17.0. The highest BCUT2D eigenvalue weighted by molar-refractivity contribution is 6.06. The highest BCUT2D eigenvalue weighted by Crippen LogP contribution is 2.51. The van der Waals surface area contributed by atoms with Crippen molar-refractivity contribution < 1.29 is 59.6 Å². The molecule has 0 aliphatic heterocycles. The molecule has 0 heterocycles. The van der Waals surface area contributed by atoms with Crippen LogP contribution in [0.25, 0.3) is 0 Å². The molecule has 3 aromatic carbocycles. The van der Waals surface area contributed by atoms with Gasteiger partial charge >= 0.3 is 0 Å². The number of hydrogen-bond acceptors (Lipinski definition) is 12. The molecule has 0 amide bonds. The molecule has 0 spiro atoms. The van der Waals surface area contributed by atoms with Crippen molar-refractivity contribution in [3.8, 4) is 51.7 Å². The topological polar surface area (TPSA) is 211 Å². The quantitative estimate of drug-likeness (QED) is 0.0786. The van der Waals surface area contributed by atoms with E-state index in [0.29, 0.717) is 19.3 Å². The van der Waals surface area contributed by atoms with E-state index in [9.17, 15) is 50.1 Å². The van der Waals surface area contributed by atoms with E-state index in [-0.39, 0.29) is 44.9 Å². The van der Waals surface area contributed by atoms with Crippen LogP contribution in [-0.2, 0) is 12.8 Å². The van der Waals surface area contributed by atoms with Crippen molar-refractivity contribution in [2.75, 3.05) is 14.2 Å². The predicted octanol–water partition coefficient (Wildman–Crippen LogP) is 7.13. The number of phenols is 7. The number of benzene rings is 3. The van der Waals surface area contributed by atoms with E-state index in [1.807, 2.05) is 0 Å². The molecule has 3 aromatic rings. The number of ketones is 3. The van der Waals surface area contributed by atoms with Gasteiger partial charge in [-0.25, -0.2) is 0 Å². The maximum Gasteiger partial charge on any atom is 0.173 e. The average molecular weight is 711 g/mol. The Morgan fingerprint density at radius 3 is 1.00 bits per heavy atom. The number of aromatic hydroxyl groups is 7. The monoisotopic (exact) mass is 710 g/mol. The third-order valence-electron chi connectivity index (χ3n) is 10.1. The molecule has 51 heavy (non-hydrogen) atoms. The Hall–Kier alpha value is -5.13. The highest BCUT2D eigenvalue weighted by Gasteiger charge is 2.35. The van der Waals surface area contributed by atoms with Crippen LogP contribution in [0, 0.1) is 31.6 Å². The molecule has 0 saturated carbocycles. The van der Waals surface area contributed by atoms with E-state index >= 15 is 0 Å². The van der Waals surface area contributed by atoms with Crippen molar-refractivity contribution in [2.24, 2.45) is 17.8 Å². The molecule has 3 atom stereocenters. The molecule has 0 radical (unpaired) electrons. The lowest BCUT2D eigenvalue weighted by Gasteiger charge is -2.23. The lowest BCUT2D eigenvalue weighted by Crippen LogP contribution is -2.15. The summed E-state index contributed by atoms with van der Waals surface area (Å²) >= 11 is 0. The molecule has 12 nitrogen and oxygen atoms in total. The van der Waals surface area contributed by atoms with Gasteiger partial charge in [0.1, 0.15) is 68.4 Å². The number of rotatable bonds is 15. The van der Waals surface area contributed by atoms with Crippen LogP contribution in [0.5, 0.6) is 51.7 Å². The lowest BCUT2D eigenvalue weighted by molar-refractivity contribution is 0.0912. The Morgan fingerprint density at radius 2 is 0.725 bits per heavy atom. The molecular weight excluding hydrogens is 660 g/mol. The van der Waals surface area contributed by atoms with Crippen LogP contribution in [0.3, 0.4) is 0 Å². The number of carbonyl (C=O) groups is 3. The minimum atomic E-state index is -0.840. The summed E-state index contributed by atoms with van der Waals surface area (Å²) in [5.41, 5.74) is -2.21. The molecule has 0 aromatic heterocycles. The Kier molecular flexibility index (Phi) is 12.5. The molecule has 3 rings (SSSR count). The Morgan fingerprint density at radius 1 is 0.471 bits per heavy atom. The van der Waals surface area contributed by atoms with E-state index in [1.54, 1.807) is 41.5 Å². The first kappa shape index (κ1) is 40.3. The second-order valence-corrected chi connectivity index (χ2v) is 13.2. The third kappa shape index (κ3) is 6.96. The van der Waals surface area contributed by atoms with Crippen LogP contribution in [0.15, 0.2) is 0 Å². The maximum atomic E-state index is 13.7. The van der Waals surface area contributed by atoms with Gasteiger partial charge in [0.2, 0.25) is 0 Å². The second kappa shape index (κ2) is 15.8. The standard InChI is InChI=1S/C39H50O12/c1-11-16(4)28(40)25-34(46)23(14-21-31(43)19(7)38(50-9)26(36(21)48)29(41)17(5)12-2)33(45)24(35(25)47)15-22-32(44)20(8)39(51-10)27(37(22)49)30(42)18(6)13-3/h16-18,43-49H,11-15H2,1-10H3. The summed E-state index contributed by atoms with van der Waals surface area (Å²) in [5, 5.41) is 80.3. The summed E-state index contributed by atoms with van der Waals surface area (Å²) in [7, 11) is 2.55. The number of Topliss-reactive ketones (excluding diaryl/α,β-unsaturated/α-hetero) is 3. The van der Waals surface area contributed by atoms with Crippen molar-refractivity contribution in [3.63, 3.8) is 0 Å². The summed E-state index contributed by atoms with van der Waals surface area (Å²) in [5.74, 6) is -8.43.